The van der Waals surface area contributed by atoms with Crippen LogP contribution in [0.25, 0.3) is 0 Å². The Morgan fingerprint density at radius 2 is 0.898 bits per heavy atom. The Morgan fingerprint density at radius 1 is 0.510 bits per heavy atom. The molecular formula is C45H81NO3. The SMILES string of the molecule is CC/C=C\C/C=C\C/C=C\C/C=C\C/C=C\CCCCCCCCCCCC(=O)NC(CO)C(O)CCCCCCCCCCCCCC. The fourth-order valence-electron chi connectivity index (χ4n) is 6.09. The van der Waals surface area contributed by atoms with Gasteiger partial charge in [0.2, 0.25) is 5.91 Å². The molecule has 0 aromatic carbocycles. The van der Waals surface area contributed by atoms with E-state index in [-0.39, 0.29) is 12.5 Å². The summed E-state index contributed by atoms with van der Waals surface area (Å²) in [4.78, 5) is 12.4. The Bertz CT molecular complexity index is 827. The Kier molecular flexibility index (Phi) is 38.9. The molecule has 1 amide bonds. The van der Waals surface area contributed by atoms with E-state index in [4.69, 9.17) is 0 Å². The normalized spacial score (nSPS) is 13.6. The van der Waals surface area contributed by atoms with Crippen molar-refractivity contribution in [1.29, 1.82) is 0 Å². The summed E-state index contributed by atoms with van der Waals surface area (Å²) in [5.74, 6) is -0.0414. The van der Waals surface area contributed by atoms with Crippen molar-refractivity contribution in [2.45, 2.75) is 212 Å². The number of rotatable bonds is 37. The first-order chi connectivity index (χ1) is 24.2. The van der Waals surface area contributed by atoms with E-state index in [0.717, 1.165) is 57.8 Å². The van der Waals surface area contributed by atoms with Gasteiger partial charge in [-0.05, 0) is 57.8 Å². The van der Waals surface area contributed by atoms with E-state index in [2.05, 4.69) is 79.9 Å². The lowest BCUT2D eigenvalue weighted by Gasteiger charge is -2.22. The summed E-state index contributed by atoms with van der Waals surface area (Å²) in [6.45, 7) is 4.23. The zero-order chi connectivity index (χ0) is 35.7. The minimum atomic E-state index is -0.663. The number of aliphatic hydroxyl groups is 2. The van der Waals surface area contributed by atoms with Crippen LogP contribution in [-0.4, -0.2) is 34.9 Å². The van der Waals surface area contributed by atoms with Crippen molar-refractivity contribution in [3.63, 3.8) is 0 Å². The second-order valence-electron chi connectivity index (χ2n) is 14.0. The van der Waals surface area contributed by atoms with Gasteiger partial charge in [-0.3, -0.25) is 4.79 Å². The van der Waals surface area contributed by atoms with Gasteiger partial charge in [0, 0.05) is 6.42 Å². The van der Waals surface area contributed by atoms with Gasteiger partial charge < -0.3 is 15.5 Å². The van der Waals surface area contributed by atoms with Gasteiger partial charge >= 0.3 is 0 Å². The topological polar surface area (TPSA) is 69.6 Å². The number of hydrogen-bond donors (Lipinski definition) is 3. The maximum absolute atomic E-state index is 12.4. The highest BCUT2D eigenvalue weighted by atomic mass is 16.3. The third-order valence-electron chi connectivity index (χ3n) is 9.29. The van der Waals surface area contributed by atoms with E-state index in [9.17, 15) is 15.0 Å². The van der Waals surface area contributed by atoms with Crippen LogP contribution in [0.4, 0.5) is 0 Å². The summed E-state index contributed by atoms with van der Waals surface area (Å²) < 4.78 is 0. The van der Waals surface area contributed by atoms with E-state index in [0.29, 0.717) is 12.8 Å². The largest absolute Gasteiger partial charge is 0.394 e. The van der Waals surface area contributed by atoms with Crippen LogP contribution in [0, 0.1) is 0 Å². The highest BCUT2D eigenvalue weighted by Gasteiger charge is 2.19. The minimum absolute atomic E-state index is 0.0414. The Hall–Kier alpha value is -1.91. The molecule has 0 aliphatic carbocycles. The molecule has 0 aromatic rings. The number of aliphatic hydroxyl groups excluding tert-OH is 2. The van der Waals surface area contributed by atoms with Gasteiger partial charge in [0.15, 0.2) is 0 Å². The zero-order valence-electron chi connectivity index (χ0n) is 32.4. The van der Waals surface area contributed by atoms with Gasteiger partial charge in [0.1, 0.15) is 0 Å². The number of nitrogens with one attached hydrogen (secondary N) is 1. The standard InChI is InChI=1S/C45H81NO3/c1-3-5-7-9-11-13-15-17-18-19-20-21-22-23-24-25-26-27-28-29-31-33-35-37-39-41-45(49)46-43(42-47)44(48)40-38-36-34-32-30-16-14-12-10-8-6-4-2/h5,7,11,13,17-18,20-21,23-24,43-44,47-48H,3-4,6,8-10,12,14-16,19,22,25-42H2,1-2H3,(H,46,49)/b7-5-,13-11-,18-17-,21-20-,24-23-. The molecule has 0 aromatic heterocycles. The molecule has 0 rings (SSSR count). The predicted molar refractivity (Wildman–Crippen MR) is 216 cm³/mol. The van der Waals surface area contributed by atoms with E-state index in [1.807, 2.05) is 0 Å². The third-order valence-corrected chi connectivity index (χ3v) is 9.29. The second-order valence-corrected chi connectivity index (χ2v) is 14.0. The Morgan fingerprint density at radius 3 is 1.35 bits per heavy atom. The van der Waals surface area contributed by atoms with E-state index >= 15 is 0 Å². The maximum atomic E-state index is 12.4. The quantitative estimate of drug-likeness (QED) is 0.0451. The highest BCUT2D eigenvalue weighted by molar-refractivity contribution is 5.76. The molecule has 0 fully saturated rings. The Balaban J connectivity index is 3.57. The molecule has 2 atom stereocenters. The van der Waals surface area contributed by atoms with Crippen molar-refractivity contribution in [3.8, 4) is 0 Å². The number of unbranched alkanes of at least 4 members (excludes halogenated alkanes) is 20. The summed E-state index contributed by atoms with van der Waals surface area (Å²) in [5.41, 5.74) is 0. The van der Waals surface area contributed by atoms with Crippen LogP contribution in [0.3, 0.4) is 0 Å². The van der Waals surface area contributed by atoms with Crippen molar-refractivity contribution in [2.75, 3.05) is 6.61 Å². The van der Waals surface area contributed by atoms with Crippen molar-refractivity contribution in [2.24, 2.45) is 0 Å². The number of carbonyl (C=O) groups is 1. The van der Waals surface area contributed by atoms with E-state index in [1.54, 1.807) is 0 Å². The molecule has 4 heteroatoms. The molecular weight excluding hydrogens is 602 g/mol. The molecule has 0 radical (unpaired) electrons. The van der Waals surface area contributed by atoms with Crippen LogP contribution >= 0.6 is 0 Å². The van der Waals surface area contributed by atoms with Gasteiger partial charge in [-0.25, -0.2) is 0 Å². The van der Waals surface area contributed by atoms with Crippen molar-refractivity contribution in [3.05, 3.63) is 60.8 Å². The number of carbonyl (C=O) groups excluding carboxylic acids is 1. The molecule has 4 nitrogen and oxygen atoms in total. The van der Waals surface area contributed by atoms with Gasteiger partial charge in [-0.15, -0.1) is 0 Å². The van der Waals surface area contributed by atoms with Gasteiger partial charge in [-0.2, -0.15) is 0 Å². The van der Waals surface area contributed by atoms with Gasteiger partial charge in [0.25, 0.3) is 0 Å². The first kappa shape index (κ1) is 47.1. The van der Waals surface area contributed by atoms with Crippen LogP contribution in [0.15, 0.2) is 60.8 Å². The summed E-state index contributed by atoms with van der Waals surface area (Å²) in [6, 6.07) is -0.541. The molecule has 0 saturated heterocycles. The van der Waals surface area contributed by atoms with Crippen molar-refractivity contribution < 1.29 is 15.0 Å². The van der Waals surface area contributed by atoms with Crippen molar-refractivity contribution >= 4 is 5.91 Å². The first-order valence-electron chi connectivity index (χ1n) is 21.0. The lowest BCUT2D eigenvalue weighted by Crippen LogP contribution is -2.45. The molecule has 0 heterocycles. The average Bonchev–Trinajstić information content (AvgIpc) is 3.10. The molecule has 0 spiro atoms. The van der Waals surface area contributed by atoms with E-state index in [1.165, 1.54) is 116 Å². The molecule has 284 valence electrons. The lowest BCUT2D eigenvalue weighted by atomic mass is 10.0. The van der Waals surface area contributed by atoms with Crippen LogP contribution in [0.2, 0.25) is 0 Å². The summed E-state index contributed by atoms with van der Waals surface area (Å²) >= 11 is 0. The van der Waals surface area contributed by atoms with Gasteiger partial charge in [0.05, 0.1) is 18.8 Å². The number of amides is 1. The molecule has 0 aliphatic heterocycles. The average molecular weight is 684 g/mol. The molecule has 49 heavy (non-hydrogen) atoms. The minimum Gasteiger partial charge on any atom is -0.394 e. The molecule has 2 unspecified atom stereocenters. The second kappa shape index (κ2) is 40.5. The summed E-state index contributed by atoms with van der Waals surface area (Å²) in [6.07, 6.45) is 55.7. The van der Waals surface area contributed by atoms with E-state index < -0.39 is 12.1 Å². The fraction of sp³-hybridized carbons (Fsp3) is 0.756. The van der Waals surface area contributed by atoms with Crippen LogP contribution in [0.1, 0.15) is 200 Å². The molecule has 3 N–H and O–H groups in total. The van der Waals surface area contributed by atoms with Crippen LogP contribution in [-0.2, 0) is 4.79 Å². The zero-order valence-corrected chi connectivity index (χ0v) is 32.4. The summed E-state index contributed by atoms with van der Waals surface area (Å²) in [5, 5.41) is 23.1. The van der Waals surface area contributed by atoms with Gasteiger partial charge in [-0.1, -0.05) is 197 Å². The molecule has 0 bridgehead atoms. The summed E-state index contributed by atoms with van der Waals surface area (Å²) in [7, 11) is 0. The number of allylic oxidation sites excluding steroid dienone is 10. The van der Waals surface area contributed by atoms with Crippen LogP contribution in [0.5, 0.6) is 0 Å². The maximum Gasteiger partial charge on any atom is 0.220 e. The predicted octanol–water partition coefficient (Wildman–Crippen LogP) is 13.0. The first-order valence-corrected chi connectivity index (χ1v) is 21.0. The smallest absolute Gasteiger partial charge is 0.220 e. The molecule has 0 aliphatic rings. The third kappa shape index (κ3) is 37.2. The van der Waals surface area contributed by atoms with Crippen molar-refractivity contribution in [1.82, 2.24) is 5.32 Å². The number of hydrogen-bond acceptors (Lipinski definition) is 3. The fourth-order valence-corrected chi connectivity index (χ4v) is 6.09. The molecule has 0 saturated carbocycles. The highest BCUT2D eigenvalue weighted by Crippen LogP contribution is 2.15. The van der Waals surface area contributed by atoms with Crippen LogP contribution < -0.4 is 5.32 Å². The Labute approximate surface area is 305 Å². The monoisotopic (exact) mass is 684 g/mol. The lowest BCUT2D eigenvalue weighted by molar-refractivity contribution is -0.123.